The molecule has 3 rings (SSSR count). The van der Waals surface area contributed by atoms with E-state index in [0.717, 1.165) is 22.5 Å². The van der Waals surface area contributed by atoms with Gasteiger partial charge in [0.1, 0.15) is 0 Å². The highest BCUT2D eigenvalue weighted by molar-refractivity contribution is 6.10. The van der Waals surface area contributed by atoms with E-state index in [2.05, 4.69) is 5.32 Å². The molecule has 4 nitrogen and oxygen atoms in total. The first-order valence-electron chi connectivity index (χ1n) is 6.42. The minimum atomic E-state index is -0.109. The van der Waals surface area contributed by atoms with Gasteiger partial charge in [-0.05, 0) is 35.9 Å². The molecule has 1 aliphatic heterocycles. The molecule has 100 valence electrons. The summed E-state index contributed by atoms with van der Waals surface area (Å²) in [5, 5.41) is 2.71. The van der Waals surface area contributed by atoms with Gasteiger partial charge in [0, 0.05) is 23.9 Å². The van der Waals surface area contributed by atoms with E-state index >= 15 is 0 Å². The highest BCUT2D eigenvalue weighted by Crippen LogP contribution is 2.28. The van der Waals surface area contributed by atoms with Gasteiger partial charge in [-0.25, -0.2) is 0 Å². The number of carbonyl (C=O) groups is 2. The van der Waals surface area contributed by atoms with Crippen LogP contribution in [0.3, 0.4) is 0 Å². The molecule has 1 N–H and O–H groups in total. The Balaban J connectivity index is 1.85. The van der Waals surface area contributed by atoms with Crippen molar-refractivity contribution in [1.29, 1.82) is 0 Å². The van der Waals surface area contributed by atoms with Crippen LogP contribution in [0.2, 0.25) is 0 Å². The van der Waals surface area contributed by atoms with Crippen LogP contribution in [0.1, 0.15) is 22.8 Å². The average Bonchev–Trinajstić information content (AvgIpc) is 2.77. The maximum Gasteiger partial charge on any atom is 0.258 e. The van der Waals surface area contributed by atoms with Crippen molar-refractivity contribution >= 4 is 23.2 Å². The molecule has 2 aromatic carbocycles. The average molecular weight is 266 g/mol. The fourth-order valence-corrected chi connectivity index (χ4v) is 2.39. The normalized spacial score (nSPS) is 13.2. The number of fused-ring (bicyclic) bond motifs is 1. The Morgan fingerprint density at radius 3 is 2.45 bits per heavy atom. The number of hydrogen-bond acceptors (Lipinski definition) is 2. The fraction of sp³-hybridized carbons (Fsp3) is 0.125. The monoisotopic (exact) mass is 266 g/mol. The number of benzene rings is 2. The highest BCUT2D eigenvalue weighted by atomic mass is 16.2. The van der Waals surface area contributed by atoms with Crippen LogP contribution in [0.4, 0.5) is 11.4 Å². The van der Waals surface area contributed by atoms with E-state index in [1.165, 1.54) is 6.92 Å². The molecular weight excluding hydrogens is 252 g/mol. The lowest BCUT2D eigenvalue weighted by molar-refractivity contribution is -0.114. The summed E-state index contributed by atoms with van der Waals surface area (Å²) in [7, 11) is 0. The van der Waals surface area contributed by atoms with Crippen molar-refractivity contribution in [3.63, 3.8) is 0 Å². The molecule has 0 aromatic heterocycles. The quantitative estimate of drug-likeness (QED) is 0.908. The molecule has 1 aliphatic rings. The standard InChI is InChI=1S/C16H14N2O2/c1-11(19)17-13-6-8-14(9-7-13)18-10-12-4-2-3-5-15(12)16(18)20/h2-9H,10H2,1H3,(H,17,19). The molecule has 2 amide bonds. The summed E-state index contributed by atoms with van der Waals surface area (Å²) in [5.74, 6) is -0.0877. The van der Waals surface area contributed by atoms with Crippen molar-refractivity contribution in [3.05, 3.63) is 59.7 Å². The van der Waals surface area contributed by atoms with Gasteiger partial charge in [-0.1, -0.05) is 18.2 Å². The molecule has 0 radical (unpaired) electrons. The Kier molecular flexibility index (Phi) is 2.99. The molecule has 0 aliphatic carbocycles. The van der Waals surface area contributed by atoms with Crippen LogP contribution in [0.25, 0.3) is 0 Å². The lowest BCUT2D eigenvalue weighted by Gasteiger charge is -2.16. The summed E-state index contributed by atoms with van der Waals surface area (Å²) in [6.45, 7) is 2.06. The van der Waals surface area contributed by atoms with Crippen molar-refractivity contribution in [2.45, 2.75) is 13.5 Å². The second-order valence-corrected chi connectivity index (χ2v) is 4.78. The van der Waals surface area contributed by atoms with Gasteiger partial charge in [-0.15, -0.1) is 0 Å². The predicted molar refractivity (Wildman–Crippen MR) is 77.7 cm³/mol. The number of rotatable bonds is 2. The molecule has 0 fully saturated rings. The summed E-state index contributed by atoms with van der Waals surface area (Å²) in [6.07, 6.45) is 0. The molecule has 2 aromatic rings. The second kappa shape index (κ2) is 4.81. The maximum absolute atomic E-state index is 12.3. The number of hydrogen-bond donors (Lipinski definition) is 1. The topological polar surface area (TPSA) is 49.4 Å². The minimum Gasteiger partial charge on any atom is -0.326 e. The van der Waals surface area contributed by atoms with E-state index in [1.807, 2.05) is 36.4 Å². The van der Waals surface area contributed by atoms with Crippen molar-refractivity contribution in [1.82, 2.24) is 0 Å². The van der Waals surface area contributed by atoms with E-state index in [1.54, 1.807) is 17.0 Å². The van der Waals surface area contributed by atoms with Gasteiger partial charge in [-0.3, -0.25) is 9.59 Å². The number of carbonyl (C=O) groups excluding carboxylic acids is 2. The first-order valence-corrected chi connectivity index (χ1v) is 6.42. The zero-order valence-electron chi connectivity index (χ0n) is 11.1. The Morgan fingerprint density at radius 2 is 1.80 bits per heavy atom. The van der Waals surface area contributed by atoms with Crippen LogP contribution in [-0.2, 0) is 11.3 Å². The molecule has 0 bridgehead atoms. The Hall–Kier alpha value is -2.62. The van der Waals surface area contributed by atoms with E-state index in [4.69, 9.17) is 0 Å². The van der Waals surface area contributed by atoms with Crippen molar-refractivity contribution < 1.29 is 9.59 Å². The maximum atomic E-state index is 12.3. The third-order valence-electron chi connectivity index (χ3n) is 3.32. The van der Waals surface area contributed by atoms with Crippen molar-refractivity contribution in [2.24, 2.45) is 0 Å². The van der Waals surface area contributed by atoms with Crippen LogP contribution in [-0.4, -0.2) is 11.8 Å². The van der Waals surface area contributed by atoms with Gasteiger partial charge < -0.3 is 10.2 Å². The third kappa shape index (κ3) is 2.16. The second-order valence-electron chi connectivity index (χ2n) is 4.78. The van der Waals surface area contributed by atoms with Crippen LogP contribution in [0, 0.1) is 0 Å². The summed E-state index contributed by atoms with van der Waals surface area (Å²) < 4.78 is 0. The lowest BCUT2D eigenvalue weighted by Crippen LogP contribution is -2.22. The first kappa shape index (κ1) is 12.4. The summed E-state index contributed by atoms with van der Waals surface area (Å²) in [5.41, 5.74) is 3.37. The SMILES string of the molecule is CC(=O)Nc1ccc(N2Cc3ccccc3C2=O)cc1. The van der Waals surface area contributed by atoms with Gasteiger partial charge in [-0.2, -0.15) is 0 Å². The van der Waals surface area contributed by atoms with Gasteiger partial charge in [0.25, 0.3) is 5.91 Å². The van der Waals surface area contributed by atoms with E-state index in [9.17, 15) is 9.59 Å². The number of anilines is 2. The van der Waals surface area contributed by atoms with Crippen LogP contribution in [0.15, 0.2) is 48.5 Å². The molecule has 0 spiro atoms. The number of nitrogens with zero attached hydrogens (tertiary/aromatic N) is 1. The van der Waals surface area contributed by atoms with E-state index in [-0.39, 0.29) is 11.8 Å². The lowest BCUT2D eigenvalue weighted by atomic mass is 10.1. The van der Waals surface area contributed by atoms with Gasteiger partial charge in [0.15, 0.2) is 0 Å². The Morgan fingerprint density at radius 1 is 1.10 bits per heavy atom. The smallest absolute Gasteiger partial charge is 0.258 e. The van der Waals surface area contributed by atoms with Gasteiger partial charge in [0.2, 0.25) is 5.91 Å². The summed E-state index contributed by atoms with van der Waals surface area (Å²) in [6, 6.07) is 14.9. The Labute approximate surface area is 117 Å². The summed E-state index contributed by atoms with van der Waals surface area (Å²) in [4.78, 5) is 25.0. The molecule has 4 heteroatoms. The fourth-order valence-electron chi connectivity index (χ4n) is 2.39. The van der Waals surface area contributed by atoms with Crippen LogP contribution >= 0.6 is 0 Å². The largest absolute Gasteiger partial charge is 0.326 e. The van der Waals surface area contributed by atoms with Gasteiger partial charge in [0.05, 0.1) is 6.54 Å². The zero-order valence-corrected chi connectivity index (χ0v) is 11.1. The number of amides is 2. The van der Waals surface area contributed by atoms with Crippen molar-refractivity contribution in [2.75, 3.05) is 10.2 Å². The zero-order chi connectivity index (χ0) is 14.1. The number of nitrogens with one attached hydrogen (secondary N) is 1. The molecule has 0 atom stereocenters. The van der Waals surface area contributed by atoms with E-state index in [0.29, 0.717) is 6.54 Å². The molecule has 0 unspecified atom stereocenters. The molecule has 0 saturated heterocycles. The summed E-state index contributed by atoms with van der Waals surface area (Å²) >= 11 is 0. The minimum absolute atomic E-state index is 0.0212. The molecule has 20 heavy (non-hydrogen) atoms. The van der Waals surface area contributed by atoms with Gasteiger partial charge >= 0.3 is 0 Å². The molecular formula is C16H14N2O2. The first-order chi connectivity index (χ1) is 9.65. The third-order valence-corrected chi connectivity index (χ3v) is 3.32. The van der Waals surface area contributed by atoms with E-state index < -0.39 is 0 Å². The van der Waals surface area contributed by atoms with Crippen molar-refractivity contribution in [3.8, 4) is 0 Å². The predicted octanol–water partition coefficient (Wildman–Crippen LogP) is 2.81. The van der Waals surface area contributed by atoms with Crippen LogP contribution in [0.5, 0.6) is 0 Å². The highest BCUT2D eigenvalue weighted by Gasteiger charge is 2.27. The molecule has 1 heterocycles. The molecule has 0 saturated carbocycles. The Bertz CT molecular complexity index is 677. The van der Waals surface area contributed by atoms with Crippen LogP contribution < -0.4 is 10.2 Å².